The van der Waals surface area contributed by atoms with Crippen molar-refractivity contribution in [2.75, 3.05) is 18.2 Å². The van der Waals surface area contributed by atoms with Crippen molar-refractivity contribution in [2.45, 2.75) is 0 Å². The number of ether oxygens (including phenoxy) is 1. The molecule has 0 aliphatic carbocycles. The van der Waals surface area contributed by atoms with Crippen molar-refractivity contribution < 1.29 is 4.74 Å². The van der Waals surface area contributed by atoms with Crippen LogP contribution in [0.3, 0.4) is 0 Å². The summed E-state index contributed by atoms with van der Waals surface area (Å²) in [5.74, 6) is 0.772. The van der Waals surface area contributed by atoms with E-state index < -0.39 is 0 Å². The zero-order valence-corrected chi connectivity index (χ0v) is 12.9. The molecule has 3 nitrogen and oxygen atoms in total. The van der Waals surface area contributed by atoms with Crippen molar-refractivity contribution in [3.63, 3.8) is 0 Å². The van der Waals surface area contributed by atoms with Crippen molar-refractivity contribution in [3.05, 3.63) is 45.3 Å². The Balaban J connectivity index is 2.31. The maximum absolute atomic E-state index is 5.91. The summed E-state index contributed by atoms with van der Waals surface area (Å²) < 4.78 is 7.14. The predicted octanol–water partition coefficient (Wildman–Crippen LogP) is 4.55. The summed E-state index contributed by atoms with van der Waals surface area (Å²) in [7, 11) is 1.64. The second-order valence-electron chi connectivity index (χ2n) is 3.71. The van der Waals surface area contributed by atoms with Gasteiger partial charge in [0.2, 0.25) is 0 Å². The molecule has 5 heteroatoms. The molecule has 0 fully saturated rings. The molecule has 3 N–H and O–H groups in total. The van der Waals surface area contributed by atoms with Crippen LogP contribution in [-0.4, -0.2) is 7.11 Å². The van der Waals surface area contributed by atoms with Gasteiger partial charge in [-0.05, 0) is 46.3 Å². The van der Waals surface area contributed by atoms with Crippen LogP contribution in [0.15, 0.2) is 45.3 Å². The molecule has 0 spiro atoms. The molecule has 0 heterocycles. The smallest absolute Gasteiger partial charge is 0.135 e. The van der Waals surface area contributed by atoms with Gasteiger partial charge in [0.15, 0.2) is 0 Å². The molecule has 0 aromatic heterocycles. The van der Waals surface area contributed by atoms with E-state index in [1.165, 1.54) is 0 Å². The first-order valence-corrected chi connectivity index (χ1v) is 6.84. The van der Waals surface area contributed by atoms with E-state index in [2.05, 4.69) is 37.2 Å². The van der Waals surface area contributed by atoms with E-state index in [1.807, 2.05) is 36.4 Å². The van der Waals surface area contributed by atoms with Crippen molar-refractivity contribution in [3.8, 4) is 5.75 Å². The standard InChI is InChI=1S/C13H12Br2N2O/c1-18-13-7-9(3-4-10(13)15)17-12-6-8(14)2-5-11(12)16/h2-7,17H,16H2,1H3. The fourth-order valence-electron chi connectivity index (χ4n) is 1.53. The van der Waals surface area contributed by atoms with Crippen LogP contribution in [0.5, 0.6) is 5.75 Å². The zero-order valence-electron chi connectivity index (χ0n) is 9.71. The van der Waals surface area contributed by atoms with E-state index in [1.54, 1.807) is 7.11 Å². The Bertz CT molecular complexity index is 573. The maximum atomic E-state index is 5.91. The first-order chi connectivity index (χ1) is 8.60. The third-order valence-electron chi connectivity index (χ3n) is 2.45. The molecule has 18 heavy (non-hydrogen) atoms. The van der Waals surface area contributed by atoms with Gasteiger partial charge in [-0.2, -0.15) is 0 Å². The molecule has 2 aromatic carbocycles. The van der Waals surface area contributed by atoms with Gasteiger partial charge in [0.25, 0.3) is 0 Å². The van der Waals surface area contributed by atoms with Crippen molar-refractivity contribution in [1.29, 1.82) is 0 Å². The van der Waals surface area contributed by atoms with Gasteiger partial charge < -0.3 is 15.8 Å². The van der Waals surface area contributed by atoms with Crippen LogP contribution >= 0.6 is 31.9 Å². The lowest BCUT2D eigenvalue weighted by Crippen LogP contribution is -1.96. The molecule has 2 aromatic rings. The number of methoxy groups -OCH3 is 1. The van der Waals surface area contributed by atoms with E-state index in [0.717, 1.165) is 26.1 Å². The number of nitrogen functional groups attached to an aromatic ring is 1. The zero-order chi connectivity index (χ0) is 13.1. The number of halogens is 2. The Morgan fingerprint density at radius 2 is 1.89 bits per heavy atom. The molecule has 0 aliphatic heterocycles. The van der Waals surface area contributed by atoms with Gasteiger partial charge >= 0.3 is 0 Å². The SMILES string of the molecule is COc1cc(Nc2cc(Br)ccc2N)ccc1Br. The van der Waals surface area contributed by atoms with Gasteiger partial charge in [-0.1, -0.05) is 15.9 Å². The minimum atomic E-state index is 0.695. The molecule has 0 aliphatic rings. The number of nitrogens with one attached hydrogen (secondary N) is 1. The number of hydrogen-bond acceptors (Lipinski definition) is 3. The van der Waals surface area contributed by atoms with E-state index in [-0.39, 0.29) is 0 Å². The predicted molar refractivity (Wildman–Crippen MR) is 82.5 cm³/mol. The molecule has 0 radical (unpaired) electrons. The molecular formula is C13H12Br2N2O. The molecular weight excluding hydrogens is 360 g/mol. The Morgan fingerprint density at radius 3 is 2.61 bits per heavy atom. The number of nitrogens with two attached hydrogens (primary N) is 1. The topological polar surface area (TPSA) is 47.3 Å². The number of anilines is 3. The van der Waals surface area contributed by atoms with Gasteiger partial charge in [0, 0.05) is 16.2 Å². The largest absolute Gasteiger partial charge is 0.495 e. The summed E-state index contributed by atoms with van der Waals surface area (Å²) in [5, 5.41) is 3.26. The van der Waals surface area contributed by atoms with Crippen LogP contribution in [-0.2, 0) is 0 Å². The summed E-state index contributed by atoms with van der Waals surface area (Å²) in [6.07, 6.45) is 0. The van der Waals surface area contributed by atoms with Crippen molar-refractivity contribution in [1.82, 2.24) is 0 Å². The highest BCUT2D eigenvalue weighted by molar-refractivity contribution is 9.10. The normalized spacial score (nSPS) is 10.2. The molecule has 0 amide bonds. The third-order valence-corrected chi connectivity index (χ3v) is 3.59. The fourth-order valence-corrected chi connectivity index (χ4v) is 2.30. The quantitative estimate of drug-likeness (QED) is 0.778. The summed E-state index contributed by atoms with van der Waals surface area (Å²) in [6, 6.07) is 11.5. The van der Waals surface area contributed by atoms with Crippen LogP contribution in [0.1, 0.15) is 0 Å². The maximum Gasteiger partial charge on any atom is 0.135 e. The molecule has 0 saturated carbocycles. The number of hydrogen-bond donors (Lipinski definition) is 2. The summed E-state index contributed by atoms with van der Waals surface area (Å²) in [4.78, 5) is 0. The highest BCUT2D eigenvalue weighted by Crippen LogP contribution is 2.31. The van der Waals surface area contributed by atoms with E-state index in [4.69, 9.17) is 10.5 Å². The fraction of sp³-hybridized carbons (Fsp3) is 0.0769. The summed E-state index contributed by atoms with van der Waals surface area (Å²) >= 11 is 6.84. The van der Waals surface area contributed by atoms with Gasteiger partial charge in [-0.15, -0.1) is 0 Å². The van der Waals surface area contributed by atoms with Crippen LogP contribution in [0.25, 0.3) is 0 Å². The molecule has 94 valence electrons. The van der Waals surface area contributed by atoms with Gasteiger partial charge in [0.05, 0.1) is 23.0 Å². The molecule has 0 unspecified atom stereocenters. The van der Waals surface area contributed by atoms with Crippen LogP contribution < -0.4 is 15.8 Å². The third kappa shape index (κ3) is 2.97. The highest BCUT2D eigenvalue weighted by Gasteiger charge is 2.04. The summed E-state index contributed by atoms with van der Waals surface area (Å²) in [6.45, 7) is 0. The van der Waals surface area contributed by atoms with Crippen molar-refractivity contribution in [2.24, 2.45) is 0 Å². The van der Waals surface area contributed by atoms with Crippen LogP contribution in [0, 0.1) is 0 Å². The second-order valence-corrected chi connectivity index (χ2v) is 5.48. The van der Waals surface area contributed by atoms with E-state index in [0.29, 0.717) is 5.69 Å². The van der Waals surface area contributed by atoms with Gasteiger partial charge in [-0.3, -0.25) is 0 Å². The number of rotatable bonds is 3. The lowest BCUT2D eigenvalue weighted by molar-refractivity contribution is 0.412. The van der Waals surface area contributed by atoms with E-state index in [9.17, 15) is 0 Å². The Hall–Kier alpha value is -1.20. The number of benzene rings is 2. The Morgan fingerprint density at radius 1 is 1.11 bits per heavy atom. The molecule has 0 saturated heterocycles. The monoisotopic (exact) mass is 370 g/mol. The first-order valence-electron chi connectivity index (χ1n) is 5.26. The highest BCUT2D eigenvalue weighted by atomic mass is 79.9. The first kappa shape index (κ1) is 13.2. The molecule has 0 atom stereocenters. The van der Waals surface area contributed by atoms with Crippen LogP contribution in [0.2, 0.25) is 0 Å². The molecule has 0 bridgehead atoms. The second kappa shape index (κ2) is 5.63. The summed E-state index contributed by atoms with van der Waals surface area (Å²) in [5.41, 5.74) is 8.38. The molecule has 2 rings (SSSR count). The Kier molecular flexibility index (Phi) is 4.14. The van der Waals surface area contributed by atoms with Crippen molar-refractivity contribution >= 4 is 48.9 Å². The van der Waals surface area contributed by atoms with Crippen LogP contribution in [0.4, 0.5) is 17.1 Å². The lowest BCUT2D eigenvalue weighted by Gasteiger charge is -2.11. The average molecular weight is 372 g/mol. The minimum Gasteiger partial charge on any atom is -0.495 e. The Labute approximate surface area is 123 Å². The minimum absolute atomic E-state index is 0.695. The average Bonchev–Trinajstić information content (AvgIpc) is 2.36. The lowest BCUT2D eigenvalue weighted by atomic mass is 10.2. The van der Waals surface area contributed by atoms with Gasteiger partial charge in [0.1, 0.15) is 5.75 Å². The van der Waals surface area contributed by atoms with E-state index >= 15 is 0 Å². The van der Waals surface area contributed by atoms with Gasteiger partial charge in [-0.25, -0.2) is 0 Å².